The Balaban J connectivity index is 1.48. The minimum Gasteiger partial charge on any atom is -0.492 e. The number of hydrogen-bond acceptors (Lipinski definition) is 8. The number of nitrogens with zero attached hydrogens (tertiary/aromatic N) is 5. The van der Waals surface area contributed by atoms with Crippen molar-refractivity contribution in [3.05, 3.63) is 71.8 Å². The molecule has 182 valence electrons. The fourth-order valence-electron chi connectivity index (χ4n) is 4.19. The average molecular weight is 478 g/mol. The van der Waals surface area contributed by atoms with Crippen LogP contribution in [0, 0.1) is 6.92 Å². The molecule has 1 aromatic carbocycles. The second-order valence-corrected chi connectivity index (χ2v) is 8.59. The van der Waals surface area contributed by atoms with Crippen LogP contribution in [-0.4, -0.2) is 63.0 Å². The number of carbonyl (C=O) groups excluding carboxylic acids is 3. The maximum Gasteiger partial charge on any atom is 0.240 e. The first kappa shape index (κ1) is 24.1. The van der Waals surface area contributed by atoms with Gasteiger partial charge >= 0.3 is 0 Å². The van der Waals surface area contributed by atoms with Crippen molar-refractivity contribution >= 4 is 17.7 Å². The number of ether oxygens (including phenoxy) is 1. The van der Waals surface area contributed by atoms with E-state index in [1.54, 1.807) is 62.8 Å². The highest BCUT2D eigenvalue weighted by Crippen LogP contribution is 2.40. The third-order valence-electron chi connectivity index (χ3n) is 6.18. The van der Waals surface area contributed by atoms with Gasteiger partial charge in [-0.05, 0) is 31.0 Å². The highest BCUT2D eigenvalue weighted by molar-refractivity contribution is 6.10. The highest BCUT2D eigenvalue weighted by Gasteiger charge is 2.53. The van der Waals surface area contributed by atoms with Crippen LogP contribution in [0.3, 0.4) is 0 Å². The van der Waals surface area contributed by atoms with Gasteiger partial charge in [0.25, 0.3) is 0 Å². The molecule has 1 aliphatic rings. The number of rotatable bonds is 10. The number of aromatic nitrogens is 3. The molecule has 0 aliphatic carbocycles. The van der Waals surface area contributed by atoms with Gasteiger partial charge in [-0.3, -0.25) is 24.3 Å². The van der Waals surface area contributed by atoms with Crippen LogP contribution in [0.4, 0.5) is 0 Å². The van der Waals surface area contributed by atoms with E-state index in [1.165, 1.54) is 9.80 Å². The van der Waals surface area contributed by atoms with Crippen LogP contribution in [0.25, 0.3) is 0 Å². The number of pyridine rings is 1. The lowest BCUT2D eigenvalue weighted by molar-refractivity contribution is -0.142. The van der Waals surface area contributed by atoms with Gasteiger partial charge in [0, 0.05) is 32.6 Å². The molecule has 1 atom stereocenters. The SMILES string of the molecule is Cc1nonc1CN(C)C(=O)C[C@]1(c2ccccc2)CC(=O)N(CCCOc2cccnc2)C1=O. The molecule has 1 aliphatic heterocycles. The van der Waals surface area contributed by atoms with E-state index in [1.807, 2.05) is 6.07 Å². The largest absolute Gasteiger partial charge is 0.492 e. The summed E-state index contributed by atoms with van der Waals surface area (Å²) < 4.78 is 10.3. The molecule has 3 amide bonds. The average Bonchev–Trinajstić information content (AvgIpc) is 3.38. The number of likely N-dealkylation sites (tertiary alicyclic amines) is 1. The van der Waals surface area contributed by atoms with Crippen LogP contribution < -0.4 is 4.74 Å². The van der Waals surface area contributed by atoms with Crippen molar-refractivity contribution in [2.75, 3.05) is 20.2 Å². The van der Waals surface area contributed by atoms with Crippen molar-refractivity contribution in [2.24, 2.45) is 0 Å². The molecule has 0 unspecified atom stereocenters. The predicted octanol–water partition coefficient (Wildman–Crippen LogP) is 2.29. The van der Waals surface area contributed by atoms with Crippen molar-refractivity contribution in [3.63, 3.8) is 0 Å². The summed E-state index contributed by atoms with van der Waals surface area (Å²) >= 11 is 0. The number of carbonyl (C=O) groups is 3. The highest BCUT2D eigenvalue weighted by atomic mass is 16.6. The zero-order chi connectivity index (χ0) is 24.8. The second kappa shape index (κ2) is 10.5. The second-order valence-electron chi connectivity index (χ2n) is 8.59. The summed E-state index contributed by atoms with van der Waals surface area (Å²) in [5, 5.41) is 7.56. The lowest BCUT2D eigenvalue weighted by Crippen LogP contribution is -2.43. The predicted molar refractivity (Wildman–Crippen MR) is 124 cm³/mol. The molecular formula is C25H27N5O5. The number of aryl methyl sites for hydroxylation is 1. The van der Waals surface area contributed by atoms with Gasteiger partial charge in [0.05, 0.1) is 24.8 Å². The molecule has 0 saturated carbocycles. The van der Waals surface area contributed by atoms with Gasteiger partial charge in [-0.25, -0.2) is 4.63 Å². The minimum atomic E-state index is -1.26. The maximum atomic E-state index is 13.7. The van der Waals surface area contributed by atoms with Crippen molar-refractivity contribution in [3.8, 4) is 5.75 Å². The normalized spacial score (nSPS) is 17.6. The standard InChI is InChI=1S/C25H27N5O5/c1-18-21(28-35-27-18)17-29(2)22(31)14-25(19-8-4-3-5-9-19)15-23(32)30(24(25)33)12-7-13-34-20-10-6-11-26-16-20/h3-6,8-11,16H,7,12-15,17H2,1-2H3/t25-/m1/s1. The number of imide groups is 1. The Bertz CT molecular complexity index is 1180. The Labute approximate surface area is 202 Å². The molecule has 0 bridgehead atoms. The van der Waals surface area contributed by atoms with Gasteiger partial charge in [-0.2, -0.15) is 0 Å². The van der Waals surface area contributed by atoms with Crippen LogP contribution in [0.5, 0.6) is 5.75 Å². The summed E-state index contributed by atoms with van der Waals surface area (Å²) in [6.07, 6.45) is 3.52. The molecule has 0 N–H and O–H groups in total. The third kappa shape index (κ3) is 5.21. The lowest BCUT2D eigenvalue weighted by atomic mass is 9.75. The van der Waals surface area contributed by atoms with E-state index in [0.29, 0.717) is 35.7 Å². The fourth-order valence-corrected chi connectivity index (χ4v) is 4.19. The summed E-state index contributed by atoms with van der Waals surface area (Å²) in [6, 6.07) is 12.6. The Hall–Kier alpha value is -4.08. The zero-order valence-corrected chi connectivity index (χ0v) is 19.7. The van der Waals surface area contributed by atoms with E-state index in [2.05, 4.69) is 15.3 Å². The van der Waals surface area contributed by atoms with Gasteiger partial charge in [-0.1, -0.05) is 40.6 Å². The third-order valence-corrected chi connectivity index (χ3v) is 6.18. The Morgan fingerprint density at radius 3 is 2.66 bits per heavy atom. The van der Waals surface area contributed by atoms with E-state index in [0.717, 1.165) is 0 Å². The van der Waals surface area contributed by atoms with E-state index in [9.17, 15) is 14.4 Å². The van der Waals surface area contributed by atoms with Gasteiger partial charge in [0.15, 0.2) is 0 Å². The fraction of sp³-hybridized carbons (Fsp3) is 0.360. The van der Waals surface area contributed by atoms with Gasteiger partial charge in [0.1, 0.15) is 17.1 Å². The first-order chi connectivity index (χ1) is 16.9. The number of amides is 3. The van der Waals surface area contributed by atoms with Crippen LogP contribution >= 0.6 is 0 Å². The van der Waals surface area contributed by atoms with Crippen molar-refractivity contribution in [1.29, 1.82) is 0 Å². The molecule has 3 heterocycles. The molecule has 1 saturated heterocycles. The maximum absolute atomic E-state index is 13.7. The number of benzene rings is 1. The quantitative estimate of drug-likeness (QED) is 0.322. The molecule has 2 aromatic heterocycles. The van der Waals surface area contributed by atoms with E-state index in [-0.39, 0.29) is 43.7 Å². The molecule has 1 fully saturated rings. The Morgan fingerprint density at radius 2 is 1.97 bits per heavy atom. The van der Waals surface area contributed by atoms with E-state index in [4.69, 9.17) is 9.37 Å². The van der Waals surface area contributed by atoms with Gasteiger partial charge in [0.2, 0.25) is 17.7 Å². The van der Waals surface area contributed by atoms with Crippen molar-refractivity contribution < 1.29 is 23.7 Å². The van der Waals surface area contributed by atoms with Gasteiger partial charge < -0.3 is 9.64 Å². The molecule has 10 nitrogen and oxygen atoms in total. The summed E-state index contributed by atoms with van der Waals surface area (Å²) in [5.41, 5.74) is 0.520. The summed E-state index contributed by atoms with van der Waals surface area (Å²) in [4.78, 5) is 46.6. The van der Waals surface area contributed by atoms with E-state index < -0.39 is 5.41 Å². The first-order valence-electron chi connectivity index (χ1n) is 11.4. The molecule has 10 heteroatoms. The summed E-state index contributed by atoms with van der Waals surface area (Å²) in [7, 11) is 1.63. The topological polar surface area (TPSA) is 119 Å². The molecule has 4 rings (SSSR count). The van der Waals surface area contributed by atoms with Crippen LogP contribution in [0.2, 0.25) is 0 Å². The molecule has 3 aromatic rings. The lowest BCUT2D eigenvalue weighted by Gasteiger charge is -2.29. The number of hydrogen-bond donors (Lipinski definition) is 0. The van der Waals surface area contributed by atoms with Crippen molar-refractivity contribution in [2.45, 2.75) is 38.1 Å². The van der Waals surface area contributed by atoms with Crippen molar-refractivity contribution in [1.82, 2.24) is 25.1 Å². The first-order valence-corrected chi connectivity index (χ1v) is 11.4. The summed E-state index contributed by atoms with van der Waals surface area (Å²) in [5.74, 6) is -0.320. The monoisotopic (exact) mass is 477 g/mol. The van der Waals surface area contributed by atoms with Crippen LogP contribution in [0.15, 0.2) is 59.5 Å². The Morgan fingerprint density at radius 1 is 1.17 bits per heavy atom. The smallest absolute Gasteiger partial charge is 0.240 e. The van der Waals surface area contributed by atoms with Crippen LogP contribution in [0.1, 0.15) is 36.2 Å². The van der Waals surface area contributed by atoms with Crippen LogP contribution in [-0.2, 0) is 26.3 Å². The molecule has 35 heavy (non-hydrogen) atoms. The van der Waals surface area contributed by atoms with E-state index >= 15 is 0 Å². The minimum absolute atomic E-state index is 0.0660. The zero-order valence-electron chi connectivity index (χ0n) is 19.7. The molecular weight excluding hydrogens is 450 g/mol. The Kier molecular flexibility index (Phi) is 7.19. The van der Waals surface area contributed by atoms with Gasteiger partial charge in [-0.15, -0.1) is 0 Å². The molecule has 0 spiro atoms. The summed E-state index contributed by atoms with van der Waals surface area (Å²) in [6.45, 7) is 2.47. The molecule has 0 radical (unpaired) electrons.